The van der Waals surface area contributed by atoms with Crippen molar-refractivity contribution in [1.29, 1.82) is 0 Å². The molecule has 1 aliphatic rings. The summed E-state index contributed by atoms with van der Waals surface area (Å²) in [6, 6.07) is 18.5. The summed E-state index contributed by atoms with van der Waals surface area (Å²) in [4.78, 5) is 5.20. The summed E-state index contributed by atoms with van der Waals surface area (Å²) in [6.07, 6.45) is 5.18. The van der Waals surface area contributed by atoms with Crippen LogP contribution in [0.15, 0.2) is 60.8 Å². The molecule has 1 atom stereocenters. The minimum atomic E-state index is 0.267. The highest BCUT2D eigenvalue weighted by molar-refractivity contribution is 6.30. The van der Waals surface area contributed by atoms with Crippen LogP contribution in [-0.4, -0.2) is 14.6 Å². The lowest BCUT2D eigenvalue weighted by Crippen LogP contribution is -2.29. The highest BCUT2D eigenvalue weighted by atomic mass is 35.5. The molecule has 30 heavy (non-hydrogen) atoms. The second-order valence-electron chi connectivity index (χ2n) is 9.36. The fourth-order valence-corrected chi connectivity index (χ4v) is 4.75. The number of rotatable bonds is 2. The van der Waals surface area contributed by atoms with Gasteiger partial charge in [-0.3, -0.25) is 0 Å². The van der Waals surface area contributed by atoms with Crippen molar-refractivity contribution in [2.45, 2.75) is 40.0 Å². The van der Waals surface area contributed by atoms with Crippen LogP contribution in [-0.2, 0) is 12.8 Å². The summed E-state index contributed by atoms with van der Waals surface area (Å²) in [5.41, 5.74) is 8.24. The first-order chi connectivity index (χ1) is 14.4. The van der Waals surface area contributed by atoms with Crippen LogP contribution in [0.25, 0.3) is 28.0 Å². The van der Waals surface area contributed by atoms with E-state index in [1.165, 1.54) is 17.7 Å². The lowest BCUT2D eigenvalue weighted by Gasteiger charge is -2.35. The third kappa shape index (κ3) is 3.31. The molecular formula is C26H26ClN3. The van der Waals surface area contributed by atoms with Gasteiger partial charge < -0.3 is 0 Å². The number of nitrogens with zero attached hydrogens (tertiary/aromatic N) is 3. The molecule has 2 heterocycles. The van der Waals surface area contributed by atoms with Crippen molar-refractivity contribution in [1.82, 2.24) is 14.6 Å². The van der Waals surface area contributed by atoms with Gasteiger partial charge in [0.1, 0.15) is 0 Å². The zero-order chi connectivity index (χ0) is 20.9. The Balaban J connectivity index is 1.76. The Labute approximate surface area is 182 Å². The van der Waals surface area contributed by atoms with Crippen LogP contribution < -0.4 is 0 Å². The Bertz CT molecular complexity index is 1200. The van der Waals surface area contributed by atoms with Crippen LogP contribution in [0.1, 0.15) is 38.4 Å². The van der Waals surface area contributed by atoms with Gasteiger partial charge in [-0.05, 0) is 48.3 Å². The van der Waals surface area contributed by atoms with Gasteiger partial charge >= 0.3 is 0 Å². The molecule has 0 bridgehead atoms. The summed E-state index contributed by atoms with van der Waals surface area (Å²) in [6.45, 7) is 7.04. The van der Waals surface area contributed by atoms with Crippen LogP contribution in [0, 0.1) is 11.3 Å². The molecule has 0 unspecified atom stereocenters. The third-order valence-corrected chi connectivity index (χ3v) is 6.71. The molecule has 5 rings (SSSR count). The van der Waals surface area contributed by atoms with Gasteiger partial charge in [-0.15, -0.1) is 0 Å². The molecule has 4 aromatic rings. The summed E-state index contributed by atoms with van der Waals surface area (Å²) < 4.78 is 2.08. The maximum atomic E-state index is 6.17. The van der Waals surface area contributed by atoms with Gasteiger partial charge in [0.05, 0.1) is 11.9 Å². The third-order valence-electron chi connectivity index (χ3n) is 6.46. The first kappa shape index (κ1) is 19.3. The van der Waals surface area contributed by atoms with Crippen molar-refractivity contribution < 1.29 is 0 Å². The minimum absolute atomic E-state index is 0.267. The number of hydrogen-bond acceptors (Lipinski definition) is 2. The van der Waals surface area contributed by atoms with Crippen molar-refractivity contribution in [2.75, 3.05) is 0 Å². The van der Waals surface area contributed by atoms with E-state index >= 15 is 0 Å². The maximum absolute atomic E-state index is 6.17. The molecule has 0 amide bonds. The van der Waals surface area contributed by atoms with E-state index < -0.39 is 0 Å². The summed E-state index contributed by atoms with van der Waals surface area (Å²) in [7, 11) is 0. The van der Waals surface area contributed by atoms with Crippen molar-refractivity contribution in [3.8, 4) is 22.4 Å². The Kier molecular flexibility index (Phi) is 4.67. The van der Waals surface area contributed by atoms with Gasteiger partial charge in [-0.25, -0.2) is 9.50 Å². The van der Waals surface area contributed by atoms with Crippen LogP contribution in [0.5, 0.6) is 0 Å². The van der Waals surface area contributed by atoms with E-state index in [0.29, 0.717) is 5.92 Å². The van der Waals surface area contributed by atoms with E-state index in [4.69, 9.17) is 21.7 Å². The van der Waals surface area contributed by atoms with E-state index in [1.54, 1.807) is 0 Å². The van der Waals surface area contributed by atoms with E-state index in [9.17, 15) is 0 Å². The van der Waals surface area contributed by atoms with Gasteiger partial charge in [-0.1, -0.05) is 74.8 Å². The van der Waals surface area contributed by atoms with Crippen LogP contribution in [0.4, 0.5) is 0 Å². The number of hydrogen-bond donors (Lipinski definition) is 0. The molecule has 0 fully saturated rings. The van der Waals surface area contributed by atoms with Crippen molar-refractivity contribution in [3.05, 3.63) is 77.1 Å². The quantitative estimate of drug-likeness (QED) is 0.357. The lowest BCUT2D eigenvalue weighted by atomic mass is 9.71. The summed E-state index contributed by atoms with van der Waals surface area (Å²) in [5, 5.41) is 5.52. The zero-order valence-corrected chi connectivity index (χ0v) is 18.4. The number of halogens is 1. The molecule has 152 valence electrons. The minimum Gasteiger partial charge on any atom is -0.228 e. The molecule has 4 heteroatoms. The first-order valence-corrected chi connectivity index (χ1v) is 11.0. The highest BCUT2D eigenvalue weighted by Crippen LogP contribution is 2.41. The fraction of sp³-hybridized carbons (Fsp3) is 0.308. The van der Waals surface area contributed by atoms with E-state index in [2.05, 4.69) is 61.7 Å². The molecule has 0 aliphatic heterocycles. The molecule has 0 spiro atoms. The Morgan fingerprint density at radius 1 is 0.967 bits per heavy atom. The van der Waals surface area contributed by atoms with Gasteiger partial charge in [0.15, 0.2) is 5.65 Å². The molecular weight excluding hydrogens is 390 g/mol. The second-order valence-corrected chi connectivity index (χ2v) is 9.79. The largest absolute Gasteiger partial charge is 0.228 e. The molecule has 0 N–H and O–H groups in total. The fourth-order valence-electron chi connectivity index (χ4n) is 4.62. The topological polar surface area (TPSA) is 30.2 Å². The Hall–Kier alpha value is -2.65. The normalized spacial score (nSPS) is 16.6. The zero-order valence-electron chi connectivity index (χ0n) is 17.7. The van der Waals surface area contributed by atoms with Crippen LogP contribution in [0.2, 0.25) is 5.02 Å². The SMILES string of the molecule is CC(C)(C)[C@H]1CCc2c(c(-c3ccc(Cl)cc3)nc3c(-c4ccccc4)cnn23)C1. The number of benzene rings is 2. The number of fused-ring (bicyclic) bond motifs is 3. The predicted molar refractivity (Wildman–Crippen MR) is 124 cm³/mol. The van der Waals surface area contributed by atoms with Crippen molar-refractivity contribution in [3.63, 3.8) is 0 Å². The lowest BCUT2D eigenvalue weighted by molar-refractivity contribution is 0.214. The monoisotopic (exact) mass is 415 g/mol. The maximum Gasteiger partial charge on any atom is 0.163 e. The second kappa shape index (κ2) is 7.24. The van der Waals surface area contributed by atoms with Gasteiger partial charge in [0, 0.05) is 27.4 Å². The summed E-state index contributed by atoms with van der Waals surface area (Å²) in [5.74, 6) is 0.624. The molecule has 1 aliphatic carbocycles. The van der Waals surface area contributed by atoms with Crippen LogP contribution >= 0.6 is 11.6 Å². The van der Waals surface area contributed by atoms with Gasteiger partial charge in [0.2, 0.25) is 0 Å². The van der Waals surface area contributed by atoms with Crippen molar-refractivity contribution >= 4 is 17.2 Å². The number of aryl methyl sites for hydroxylation is 1. The predicted octanol–water partition coefficient (Wildman–Crippen LogP) is 6.87. The van der Waals surface area contributed by atoms with E-state index in [1.807, 2.05) is 24.4 Å². The molecule has 0 saturated heterocycles. The van der Waals surface area contributed by atoms with Crippen molar-refractivity contribution in [2.24, 2.45) is 11.3 Å². The molecule has 0 radical (unpaired) electrons. The Morgan fingerprint density at radius 3 is 2.40 bits per heavy atom. The molecule has 0 saturated carbocycles. The molecule has 2 aromatic carbocycles. The standard InChI is InChI=1S/C26H26ClN3/c1-26(2,3)19-11-14-23-21(15-19)24(18-9-12-20(27)13-10-18)29-25-22(16-28-30(23)25)17-7-5-4-6-8-17/h4-10,12-13,16,19H,11,14-15H2,1-3H3/t19-/m0/s1. The smallest absolute Gasteiger partial charge is 0.163 e. The van der Waals surface area contributed by atoms with E-state index in [-0.39, 0.29) is 5.41 Å². The van der Waals surface area contributed by atoms with Gasteiger partial charge in [-0.2, -0.15) is 5.10 Å². The first-order valence-electron chi connectivity index (χ1n) is 10.6. The van der Waals surface area contributed by atoms with Gasteiger partial charge in [0.25, 0.3) is 0 Å². The van der Waals surface area contributed by atoms with Crippen LogP contribution in [0.3, 0.4) is 0 Å². The average molecular weight is 416 g/mol. The molecule has 3 nitrogen and oxygen atoms in total. The Morgan fingerprint density at radius 2 is 1.70 bits per heavy atom. The van der Waals surface area contributed by atoms with E-state index in [0.717, 1.165) is 45.9 Å². The summed E-state index contributed by atoms with van der Waals surface area (Å²) >= 11 is 6.17. The molecule has 2 aromatic heterocycles. The average Bonchev–Trinajstić information content (AvgIpc) is 3.17. The number of aromatic nitrogens is 3. The highest BCUT2D eigenvalue weighted by Gasteiger charge is 2.32.